The van der Waals surface area contributed by atoms with E-state index in [1.165, 1.54) is 44.4 Å². The van der Waals surface area contributed by atoms with Crippen LogP contribution in [0.5, 0.6) is 5.75 Å². The number of fused-ring (bicyclic) bond motifs is 1. The molecule has 0 spiro atoms. The monoisotopic (exact) mass is 470 g/mol. The highest BCUT2D eigenvalue weighted by Crippen LogP contribution is 2.32. The number of sulfonamides is 1. The van der Waals surface area contributed by atoms with Gasteiger partial charge < -0.3 is 14.6 Å². The normalized spacial score (nSPS) is 12.3. The molecular weight excluding hydrogens is 449 g/mol. The molecule has 3 rings (SSSR count). The van der Waals surface area contributed by atoms with Gasteiger partial charge in [-0.05, 0) is 37.3 Å². The van der Waals surface area contributed by atoms with E-state index < -0.39 is 34.5 Å². The Morgan fingerprint density at radius 3 is 2.50 bits per heavy atom. The van der Waals surface area contributed by atoms with E-state index in [0.717, 1.165) is 8.87 Å². The zero-order valence-corrected chi connectivity index (χ0v) is 18.3. The van der Waals surface area contributed by atoms with Gasteiger partial charge in [-0.15, -0.1) is 0 Å². The van der Waals surface area contributed by atoms with E-state index >= 15 is 0 Å². The molecule has 0 aliphatic carbocycles. The molecular formula is C20H21F3N4O4S. The summed E-state index contributed by atoms with van der Waals surface area (Å²) >= 11 is 0. The number of ether oxygens (including phenoxy) is 1. The molecule has 0 radical (unpaired) electrons. The third-order valence-corrected chi connectivity index (χ3v) is 6.33. The fraction of sp³-hybridized carbons (Fsp3) is 0.300. The molecule has 1 heterocycles. The van der Waals surface area contributed by atoms with E-state index in [9.17, 15) is 26.4 Å². The van der Waals surface area contributed by atoms with Crippen molar-refractivity contribution in [2.45, 2.75) is 24.5 Å². The first kappa shape index (κ1) is 23.5. The van der Waals surface area contributed by atoms with Crippen LogP contribution in [0.1, 0.15) is 12.7 Å². The largest absolute Gasteiger partial charge is 0.492 e. The van der Waals surface area contributed by atoms with Crippen molar-refractivity contribution >= 4 is 32.7 Å². The molecule has 0 fully saturated rings. The zero-order chi connectivity index (χ0) is 23.7. The van der Waals surface area contributed by atoms with E-state index in [4.69, 9.17) is 4.74 Å². The average Bonchev–Trinajstić information content (AvgIpc) is 3.08. The minimum absolute atomic E-state index is 0.0943. The predicted molar refractivity (Wildman–Crippen MR) is 112 cm³/mol. The fourth-order valence-corrected chi connectivity index (χ4v) is 4.11. The van der Waals surface area contributed by atoms with Crippen LogP contribution in [-0.4, -0.2) is 48.9 Å². The van der Waals surface area contributed by atoms with Gasteiger partial charge in [-0.1, -0.05) is 12.1 Å². The number of hydrogen-bond donors (Lipinski definition) is 1. The molecule has 0 unspecified atom stereocenters. The number of imidazole rings is 1. The summed E-state index contributed by atoms with van der Waals surface area (Å²) in [6, 6.07) is 9.94. The maximum Gasteiger partial charge on any atom is 0.449 e. The molecule has 1 aromatic heterocycles. The van der Waals surface area contributed by atoms with E-state index in [1.807, 2.05) is 0 Å². The van der Waals surface area contributed by atoms with E-state index in [0.29, 0.717) is 0 Å². The quantitative estimate of drug-likeness (QED) is 0.572. The molecule has 0 saturated carbocycles. The van der Waals surface area contributed by atoms with Crippen LogP contribution in [0.2, 0.25) is 0 Å². The summed E-state index contributed by atoms with van der Waals surface area (Å²) < 4.78 is 72.7. The minimum Gasteiger partial charge on any atom is -0.492 e. The highest BCUT2D eigenvalue weighted by Gasteiger charge is 2.38. The number of aromatic nitrogens is 2. The van der Waals surface area contributed by atoms with Crippen LogP contribution in [0, 0.1) is 0 Å². The maximum absolute atomic E-state index is 13.4. The first-order valence-electron chi connectivity index (χ1n) is 9.47. The van der Waals surface area contributed by atoms with Crippen LogP contribution in [0.15, 0.2) is 47.4 Å². The van der Waals surface area contributed by atoms with Crippen molar-refractivity contribution < 1.29 is 31.1 Å². The number of alkyl halides is 3. The summed E-state index contributed by atoms with van der Waals surface area (Å²) in [5.74, 6) is -1.88. The van der Waals surface area contributed by atoms with Crippen LogP contribution >= 0.6 is 0 Å². The molecule has 8 nitrogen and oxygen atoms in total. The second-order valence-corrected chi connectivity index (χ2v) is 9.06. The second-order valence-electron chi connectivity index (χ2n) is 6.94. The van der Waals surface area contributed by atoms with Crippen molar-refractivity contribution in [1.82, 2.24) is 13.9 Å². The van der Waals surface area contributed by atoms with Gasteiger partial charge in [0.2, 0.25) is 21.8 Å². The Kier molecular flexibility index (Phi) is 6.46. The van der Waals surface area contributed by atoms with Crippen LogP contribution in [-0.2, 0) is 27.5 Å². The van der Waals surface area contributed by atoms with Gasteiger partial charge in [0.15, 0.2) is 0 Å². The molecule has 32 heavy (non-hydrogen) atoms. The van der Waals surface area contributed by atoms with Gasteiger partial charge in [-0.25, -0.2) is 17.7 Å². The molecule has 3 aromatic rings. The fourth-order valence-electron chi connectivity index (χ4n) is 3.05. The van der Waals surface area contributed by atoms with Crippen molar-refractivity contribution in [3.63, 3.8) is 0 Å². The van der Waals surface area contributed by atoms with Crippen LogP contribution in [0.3, 0.4) is 0 Å². The Morgan fingerprint density at radius 2 is 1.88 bits per heavy atom. The SMILES string of the molecule is CCOc1ccc(NC(=O)Cn2c(C(F)(F)F)nc3ccccc32)cc1S(=O)(=O)N(C)C. The standard InChI is InChI=1S/C20H21F3N4O4S/c1-4-31-16-10-9-13(11-17(16)32(29,30)26(2)3)24-18(28)12-27-15-8-6-5-7-14(15)25-19(27)20(21,22)23/h5-11H,4,12H2,1-3H3,(H,24,28). The van der Waals surface area contributed by atoms with Crippen molar-refractivity contribution in [3.8, 4) is 5.75 Å². The number of nitrogens with zero attached hydrogens (tertiary/aromatic N) is 3. The lowest BCUT2D eigenvalue weighted by Gasteiger charge is -2.17. The molecule has 2 aromatic carbocycles. The number of rotatable bonds is 7. The Bertz CT molecular complexity index is 1250. The Morgan fingerprint density at radius 1 is 1.19 bits per heavy atom. The first-order valence-corrected chi connectivity index (χ1v) is 10.9. The molecule has 0 saturated heterocycles. The minimum atomic E-state index is -4.76. The number of carbonyl (C=O) groups is 1. The number of halogens is 3. The third-order valence-electron chi connectivity index (χ3n) is 4.50. The Hall–Kier alpha value is -3.12. The van der Waals surface area contributed by atoms with Crippen molar-refractivity contribution in [2.75, 3.05) is 26.0 Å². The smallest absolute Gasteiger partial charge is 0.449 e. The van der Waals surface area contributed by atoms with Crippen LogP contribution in [0.25, 0.3) is 11.0 Å². The molecule has 0 aliphatic heterocycles. The predicted octanol–water partition coefficient (Wildman–Crippen LogP) is 3.34. The molecule has 172 valence electrons. The molecule has 0 atom stereocenters. The number of carbonyl (C=O) groups excluding carboxylic acids is 1. The van der Waals surface area contributed by atoms with Crippen molar-refractivity contribution in [2.24, 2.45) is 0 Å². The summed E-state index contributed by atoms with van der Waals surface area (Å²) in [6.07, 6.45) is -4.76. The van der Waals surface area contributed by atoms with Gasteiger partial charge in [0.05, 0.1) is 17.6 Å². The van der Waals surface area contributed by atoms with Gasteiger partial charge in [0, 0.05) is 19.8 Å². The Balaban J connectivity index is 1.94. The van der Waals surface area contributed by atoms with Crippen molar-refractivity contribution in [1.29, 1.82) is 0 Å². The summed E-state index contributed by atoms with van der Waals surface area (Å²) in [5, 5.41) is 2.45. The van der Waals surface area contributed by atoms with E-state index in [1.54, 1.807) is 19.1 Å². The number of hydrogen-bond acceptors (Lipinski definition) is 5. The summed E-state index contributed by atoms with van der Waals surface area (Å²) in [5.41, 5.74) is 0.349. The average molecular weight is 470 g/mol. The topological polar surface area (TPSA) is 93.5 Å². The summed E-state index contributed by atoms with van der Waals surface area (Å²) in [4.78, 5) is 16.0. The van der Waals surface area contributed by atoms with Gasteiger partial charge >= 0.3 is 6.18 Å². The van der Waals surface area contributed by atoms with Gasteiger partial charge in [0.25, 0.3) is 0 Å². The molecule has 12 heteroatoms. The van der Waals surface area contributed by atoms with Crippen LogP contribution in [0.4, 0.5) is 18.9 Å². The lowest BCUT2D eigenvalue weighted by atomic mass is 10.3. The molecule has 1 N–H and O–H groups in total. The first-order chi connectivity index (χ1) is 14.9. The van der Waals surface area contributed by atoms with Crippen molar-refractivity contribution in [3.05, 3.63) is 48.3 Å². The highest BCUT2D eigenvalue weighted by atomic mass is 32.2. The van der Waals surface area contributed by atoms with E-state index in [2.05, 4.69) is 10.3 Å². The number of benzene rings is 2. The lowest BCUT2D eigenvalue weighted by molar-refractivity contribution is -0.147. The number of nitrogens with one attached hydrogen (secondary N) is 1. The summed E-state index contributed by atoms with van der Waals surface area (Å²) in [7, 11) is -1.21. The maximum atomic E-state index is 13.4. The zero-order valence-electron chi connectivity index (χ0n) is 17.5. The second kappa shape index (κ2) is 8.79. The van der Waals surface area contributed by atoms with Gasteiger partial charge in [-0.2, -0.15) is 13.2 Å². The Labute approximate surface area is 182 Å². The number of anilines is 1. The van der Waals surface area contributed by atoms with Gasteiger partial charge in [-0.3, -0.25) is 4.79 Å². The number of para-hydroxylation sites is 2. The third kappa shape index (κ3) is 4.70. The highest BCUT2D eigenvalue weighted by molar-refractivity contribution is 7.89. The van der Waals surface area contributed by atoms with Gasteiger partial charge in [0.1, 0.15) is 17.2 Å². The molecule has 0 aliphatic rings. The summed E-state index contributed by atoms with van der Waals surface area (Å²) in [6.45, 7) is 1.24. The van der Waals surface area contributed by atoms with Crippen LogP contribution < -0.4 is 10.1 Å². The molecule has 1 amide bonds. The lowest BCUT2D eigenvalue weighted by Crippen LogP contribution is -2.24. The van der Waals surface area contributed by atoms with E-state index in [-0.39, 0.29) is 34.0 Å². The molecule has 0 bridgehead atoms. The number of amides is 1.